The Labute approximate surface area is 204 Å². The number of pyridine rings is 2. The molecule has 7 rings (SSSR count). The first-order chi connectivity index (χ1) is 17.5. The molecule has 0 amide bonds. The minimum atomic E-state index is -0.266. The van der Waals surface area contributed by atoms with Crippen LogP contribution in [0.2, 0.25) is 0 Å². The Kier molecular flexibility index (Phi) is 4.06. The van der Waals surface area contributed by atoms with Crippen molar-refractivity contribution in [3.8, 4) is 0 Å². The predicted octanol–water partition coefficient (Wildman–Crippen LogP) is 6.03. The Morgan fingerprint density at radius 3 is 1.33 bits per heavy atom. The van der Waals surface area contributed by atoms with Crippen molar-refractivity contribution in [2.24, 2.45) is 0 Å². The molecule has 170 valence electrons. The van der Waals surface area contributed by atoms with Gasteiger partial charge in [-0.15, -0.1) is 0 Å². The fraction of sp³-hybridized carbons (Fsp3) is 0. The second kappa shape index (κ2) is 7.20. The van der Waals surface area contributed by atoms with E-state index in [-0.39, 0.29) is 34.2 Å². The molecular weight excluding hydrogens is 452 g/mol. The molecule has 0 unspecified atom stereocenters. The maximum atomic E-state index is 13.0. The van der Waals surface area contributed by atoms with Gasteiger partial charge < -0.3 is 10.2 Å². The van der Waals surface area contributed by atoms with Crippen LogP contribution in [0.15, 0.2) is 84.9 Å². The zero-order chi connectivity index (χ0) is 24.6. The smallest absolute Gasteiger partial charge is 0.199 e. The number of benzene rings is 3. The van der Waals surface area contributed by atoms with E-state index >= 15 is 0 Å². The molecular formula is C30H16N2O4. The molecule has 6 nitrogen and oxygen atoms in total. The molecule has 0 saturated heterocycles. The predicted molar refractivity (Wildman–Crippen MR) is 137 cm³/mol. The maximum absolute atomic E-state index is 13.0. The van der Waals surface area contributed by atoms with E-state index in [0.717, 1.165) is 10.8 Å². The standard InChI is InChI=1S/C30H16N2O4/c33-27-17-5-1-2-6-18(17)28(34)25(27)21-11-9-15-13-16-10-12-22(32-24(16)14-23(15)31-21)26-29(35)19-7-3-4-8-20(19)30(26)36/h1-14,33,35H. The first-order valence-corrected chi connectivity index (χ1v) is 11.4. The van der Waals surface area contributed by atoms with Gasteiger partial charge in [0.05, 0.1) is 33.6 Å². The van der Waals surface area contributed by atoms with E-state index in [1.165, 1.54) is 0 Å². The van der Waals surface area contributed by atoms with Gasteiger partial charge in [-0.1, -0.05) is 60.7 Å². The minimum Gasteiger partial charge on any atom is -0.506 e. The largest absolute Gasteiger partial charge is 0.506 e. The van der Waals surface area contributed by atoms with Gasteiger partial charge in [0, 0.05) is 33.0 Å². The Bertz CT molecular complexity index is 1760. The van der Waals surface area contributed by atoms with Crippen LogP contribution < -0.4 is 0 Å². The second-order valence-electron chi connectivity index (χ2n) is 8.83. The van der Waals surface area contributed by atoms with Crippen LogP contribution >= 0.6 is 0 Å². The Hall–Kier alpha value is -5.10. The molecule has 2 aliphatic rings. The van der Waals surface area contributed by atoms with Crippen molar-refractivity contribution in [3.05, 3.63) is 119 Å². The molecule has 0 bridgehead atoms. The quantitative estimate of drug-likeness (QED) is 0.307. The van der Waals surface area contributed by atoms with Crippen molar-refractivity contribution >= 4 is 56.0 Å². The van der Waals surface area contributed by atoms with Crippen LogP contribution in [0, 0.1) is 0 Å². The Morgan fingerprint density at radius 1 is 0.500 bits per heavy atom. The number of allylic oxidation sites excluding steroid dienone is 2. The number of aromatic nitrogens is 2. The van der Waals surface area contributed by atoms with Crippen LogP contribution in [0.25, 0.3) is 44.5 Å². The van der Waals surface area contributed by atoms with Crippen LogP contribution in [0.5, 0.6) is 0 Å². The molecule has 2 N–H and O–H groups in total. The lowest BCUT2D eigenvalue weighted by Crippen LogP contribution is -2.01. The summed E-state index contributed by atoms with van der Waals surface area (Å²) in [5.74, 6) is -0.688. The summed E-state index contributed by atoms with van der Waals surface area (Å²) in [6.45, 7) is 0. The van der Waals surface area contributed by atoms with Crippen molar-refractivity contribution in [1.82, 2.24) is 9.97 Å². The summed E-state index contributed by atoms with van der Waals surface area (Å²) in [6.07, 6.45) is 0. The van der Waals surface area contributed by atoms with Gasteiger partial charge in [0.1, 0.15) is 11.5 Å². The fourth-order valence-electron chi connectivity index (χ4n) is 5.03. The zero-order valence-electron chi connectivity index (χ0n) is 18.7. The number of fused-ring (bicyclic) bond motifs is 4. The number of aliphatic hydroxyl groups excluding tert-OH is 2. The number of aliphatic hydroxyl groups is 2. The highest BCUT2D eigenvalue weighted by Gasteiger charge is 2.32. The highest BCUT2D eigenvalue weighted by atomic mass is 16.3. The molecule has 0 fully saturated rings. The summed E-state index contributed by atoms with van der Waals surface area (Å²) >= 11 is 0. The molecule has 5 aromatic rings. The average molecular weight is 468 g/mol. The number of hydrogen-bond acceptors (Lipinski definition) is 6. The van der Waals surface area contributed by atoms with Crippen LogP contribution in [0.4, 0.5) is 0 Å². The fourth-order valence-corrected chi connectivity index (χ4v) is 5.03. The number of carbonyl (C=O) groups is 2. The van der Waals surface area contributed by atoms with Crippen LogP contribution in [0.3, 0.4) is 0 Å². The summed E-state index contributed by atoms with van der Waals surface area (Å²) in [7, 11) is 0. The number of rotatable bonds is 2. The number of hydrogen-bond donors (Lipinski definition) is 2. The van der Waals surface area contributed by atoms with Gasteiger partial charge in [0.2, 0.25) is 0 Å². The first kappa shape index (κ1) is 20.3. The lowest BCUT2D eigenvalue weighted by atomic mass is 10.0. The topological polar surface area (TPSA) is 100 Å². The van der Waals surface area contributed by atoms with E-state index in [9.17, 15) is 19.8 Å². The van der Waals surface area contributed by atoms with Gasteiger partial charge in [-0.05, 0) is 24.3 Å². The van der Waals surface area contributed by atoms with E-state index in [1.807, 2.05) is 18.2 Å². The highest BCUT2D eigenvalue weighted by molar-refractivity contribution is 6.39. The summed E-state index contributed by atoms with van der Waals surface area (Å²) in [5.41, 5.74) is 4.17. The van der Waals surface area contributed by atoms with Gasteiger partial charge in [-0.25, -0.2) is 9.97 Å². The molecule has 0 atom stereocenters. The third-order valence-corrected chi connectivity index (χ3v) is 6.79. The van der Waals surface area contributed by atoms with Crippen molar-refractivity contribution in [2.75, 3.05) is 0 Å². The van der Waals surface area contributed by atoms with E-state index in [0.29, 0.717) is 44.7 Å². The number of nitrogens with zero attached hydrogens (tertiary/aromatic N) is 2. The van der Waals surface area contributed by atoms with E-state index < -0.39 is 0 Å². The second-order valence-corrected chi connectivity index (χ2v) is 8.83. The SMILES string of the molecule is O=C1C(c2ccc3cc4ccc(C5=C(O)c6ccccc6C5=O)nc4cc3n2)=C(O)c2ccccc21. The van der Waals surface area contributed by atoms with E-state index in [2.05, 4.69) is 9.97 Å². The van der Waals surface area contributed by atoms with Crippen molar-refractivity contribution < 1.29 is 19.8 Å². The number of ketones is 2. The van der Waals surface area contributed by atoms with Crippen molar-refractivity contribution in [3.63, 3.8) is 0 Å². The van der Waals surface area contributed by atoms with Crippen LogP contribution in [-0.4, -0.2) is 31.7 Å². The van der Waals surface area contributed by atoms with Gasteiger partial charge in [0.25, 0.3) is 0 Å². The monoisotopic (exact) mass is 468 g/mol. The maximum Gasteiger partial charge on any atom is 0.199 e. The number of carbonyl (C=O) groups excluding carboxylic acids is 2. The lowest BCUT2D eigenvalue weighted by Gasteiger charge is -2.07. The zero-order valence-corrected chi connectivity index (χ0v) is 18.7. The van der Waals surface area contributed by atoms with Gasteiger partial charge in [-0.3, -0.25) is 9.59 Å². The van der Waals surface area contributed by atoms with Gasteiger partial charge in [0.15, 0.2) is 11.6 Å². The van der Waals surface area contributed by atoms with Crippen molar-refractivity contribution in [2.45, 2.75) is 0 Å². The molecule has 0 saturated carbocycles. The van der Waals surface area contributed by atoms with Crippen LogP contribution in [0.1, 0.15) is 43.2 Å². The van der Waals surface area contributed by atoms with Gasteiger partial charge in [-0.2, -0.15) is 0 Å². The molecule has 2 heterocycles. The van der Waals surface area contributed by atoms with Crippen molar-refractivity contribution in [1.29, 1.82) is 0 Å². The van der Waals surface area contributed by atoms with Gasteiger partial charge >= 0.3 is 0 Å². The molecule has 6 heteroatoms. The molecule has 2 aliphatic carbocycles. The van der Waals surface area contributed by atoms with E-state index in [1.54, 1.807) is 66.7 Å². The Balaban J connectivity index is 1.36. The van der Waals surface area contributed by atoms with E-state index in [4.69, 9.17) is 0 Å². The third kappa shape index (κ3) is 2.72. The summed E-state index contributed by atoms with van der Waals surface area (Å²) in [4.78, 5) is 35.3. The highest BCUT2D eigenvalue weighted by Crippen LogP contribution is 2.38. The summed E-state index contributed by atoms with van der Waals surface area (Å²) in [6, 6.07) is 24.7. The third-order valence-electron chi connectivity index (χ3n) is 6.79. The summed E-state index contributed by atoms with van der Waals surface area (Å²) in [5, 5.41) is 23.2. The molecule has 0 aliphatic heterocycles. The first-order valence-electron chi connectivity index (χ1n) is 11.4. The molecule has 3 aromatic carbocycles. The normalized spacial score (nSPS) is 14.8. The molecule has 0 radical (unpaired) electrons. The average Bonchev–Trinajstić information content (AvgIpc) is 3.31. The number of Topliss-reactive ketones (excluding diaryl/α,β-unsaturated/α-hetero) is 2. The lowest BCUT2D eigenvalue weighted by molar-refractivity contribution is 0.105. The summed E-state index contributed by atoms with van der Waals surface area (Å²) < 4.78 is 0. The Morgan fingerprint density at radius 2 is 0.917 bits per heavy atom. The minimum absolute atomic E-state index is 0.0784. The molecule has 0 spiro atoms. The molecule has 2 aromatic heterocycles. The van der Waals surface area contributed by atoms with Crippen LogP contribution in [-0.2, 0) is 0 Å². The molecule has 36 heavy (non-hydrogen) atoms.